The van der Waals surface area contributed by atoms with Crippen LogP contribution in [0.1, 0.15) is 35.4 Å². The van der Waals surface area contributed by atoms with Crippen LogP contribution in [0.5, 0.6) is 0 Å². The number of rotatable bonds is 5. The second-order valence-electron chi connectivity index (χ2n) is 5.39. The Balaban J connectivity index is 2.07. The first kappa shape index (κ1) is 16.5. The molecule has 2 amide bonds. The van der Waals surface area contributed by atoms with E-state index < -0.39 is 12.0 Å². The standard InChI is InChI=1S/C15H20N2O4S/c1-16(9-7-13(18)19)14(20)11-5-2-3-8-17(11)15(21)12-6-4-10-22-12/h4,6,10-11H,2-3,5,7-9H2,1H3,(H,18,19). The lowest BCUT2D eigenvalue weighted by atomic mass is 10.0. The molecule has 0 saturated carbocycles. The lowest BCUT2D eigenvalue weighted by molar-refractivity contribution is -0.139. The highest BCUT2D eigenvalue weighted by molar-refractivity contribution is 7.12. The number of thiophene rings is 1. The minimum absolute atomic E-state index is 0.0895. The molecule has 1 unspecified atom stereocenters. The molecular weight excluding hydrogens is 304 g/mol. The normalized spacial score (nSPS) is 18.0. The maximum atomic E-state index is 12.5. The molecule has 1 saturated heterocycles. The molecule has 7 heteroatoms. The SMILES string of the molecule is CN(CCC(=O)O)C(=O)C1CCCCN1C(=O)c1cccs1. The molecule has 1 aliphatic rings. The predicted molar refractivity (Wildman–Crippen MR) is 82.9 cm³/mol. The number of amides is 2. The zero-order valence-corrected chi connectivity index (χ0v) is 13.3. The Kier molecular flexibility index (Phi) is 5.54. The van der Waals surface area contributed by atoms with Crippen LogP contribution in [0.4, 0.5) is 0 Å². The van der Waals surface area contributed by atoms with Gasteiger partial charge in [-0.15, -0.1) is 11.3 Å². The molecule has 2 rings (SSSR count). The molecule has 0 aliphatic carbocycles. The van der Waals surface area contributed by atoms with Gasteiger partial charge >= 0.3 is 5.97 Å². The molecular formula is C15H20N2O4S. The van der Waals surface area contributed by atoms with Crippen molar-refractivity contribution in [2.45, 2.75) is 31.7 Å². The largest absolute Gasteiger partial charge is 0.481 e. The second kappa shape index (κ2) is 7.40. The molecule has 0 radical (unpaired) electrons. The first-order valence-corrected chi connectivity index (χ1v) is 8.20. The Hall–Kier alpha value is -1.89. The number of hydrogen-bond donors (Lipinski definition) is 1. The van der Waals surface area contributed by atoms with Crippen molar-refractivity contribution in [1.82, 2.24) is 9.80 Å². The maximum Gasteiger partial charge on any atom is 0.305 e. The third-order valence-corrected chi connectivity index (χ3v) is 4.68. The van der Waals surface area contributed by atoms with Gasteiger partial charge in [-0.1, -0.05) is 6.07 Å². The van der Waals surface area contributed by atoms with Gasteiger partial charge in [0.1, 0.15) is 6.04 Å². The molecule has 0 spiro atoms. The van der Waals surface area contributed by atoms with Gasteiger partial charge in [-0.05, 0) is 30.7 Å². The van der Waals surface area contributed by atoms with Crippen molar-refractivity contribution in [1.29, 1.82) is 0 Å². The summed E-state index contributed by atoms with van der Waals surface area (Å²) in [6, 6.07) is 3.09. The van der Waals surface area contributed by atoms with Crippen LogP contribution >= 0.6 is 11.3 Å². The van der Waals surface area contributed by atoms with Crippen LogP contribution in [-0.2, 0) is 9.59 Å². The summed E-state index contributed by atoms with van der Waals surface area (Å²) < 4.78 is 0. The molecule has 1 N–H and O–H groups in total. The van der Waals surface area contributed by atoms with Gasteiger partial charge < -0.3 is 14.9 Å². The summed E-state index contributed by atoms with van der Waals surface area (Å²) in [5.74, 6) is -1.22. The Bertz CT molecular complexity index is 544. The predicted octanol–water partition coefficient (Wildman–Crippen LogP) is 1.68. The number of piperidine rings is 1. The number of likely N-dealkylation sites (N-methyl/N-ethyl adjacent to an activating group) is 1. The van der Waals surface area contributed by atoms with E-state index in [4.69, 9.17) is 5.11 Å². The third-order valence-electron chi connectivity index (χ3n) is 3.82. The molecule has 2 heterocycles. The van der Waals surface area contributed by atoms with Gasteiger partial charge in [-0.25, -0.2) is 0 Å². The summed E-state index contributed by atoms with van der Waals surface area (Å²) in [6.07, 6.45) is 2.33. The van der Waals surface area contributed by atoms with Gasteiger partial charge in [-0.3, -0.25) is 14.4 Å². The van der Waals surface area contributed by atoms with Gasteiger partial charge in [0.05, 0.1) is 11.3 Å². The molecule has 1 aliphatic heterocycles. The van der Waals surface area contributed by atoms with Crippen LogP contribution in [0.15, 0.2) is 17.5 Å². The number of carboxylic acids is 1. The molecule has 1 aromatic rings. The zero-order chi connectivity index (χ0) is 16.1. The van der Waals surface area contributed by atoms with Crippen LogP contribution in [0.3, 0.4) is 0 Å². The summed E-state index contributed by atoms with van der Waals surface area (Å²) in [4.78, 5) is 39.4. The van der Waals surface area contributed by atoms with E-state index in [2.05, 4.69) is 0 Å². The van der Waals surface area contributed by atoms with Crippen molar-refractivity contribution < 1.29 is 19.5 Å². The minimum Gasteiger partial charge on any atom is -0.481 e. The van der Waals surface area contributed by atoms with E-state index in [0.29, 0.717) is 17.8 Å². The highest BCUT2D eigenvalue weighted by Gasteiger charge is 2.34. The smallest absolute Gasteiger partial charge is 0.305 e. The van der Waals surface area contributed by atoms with Crippen molar-refractivity contribution in [3.63, 3.8) is 0 Å². The monoisotopic (exact) mass is 324 g/mol. The van der Waals surface area contributed by atoms with Crippen LogP contribution in [0.2, 0.25) is 0 Å². The zero-order valence-electron chi connectivity index (χ0n) is 12.5. The lowest BCUT2D eigenvalue weighted by Crippen LogP contribution is -2.52. The summed E-state index contributed by atoms with van der Waals surface area (Å²) in [5.41, 5.74) is 0. The van der Waals surface area contributed by atoms with Crippen LogP contribution in [-0.4, -0.2) is 58.9 Å². The molecule has 1 fully saturated rings. The summed E-state index contributed by atoms with van der Waals surface area (Å²) in [5, 5.41) is 10.6. The first-order chi connectivity index (χ1) is 10.5. The topological polar surface area (TPSA) is 77.9 Å². The molecule has 6 nitrogen and oxygen atoms in total. The van der Waals surface area contributed by atoms with Gasteiger partial charge in [0.2, 0.25) is 5.91 Å². The molecule has 0 aromatic carbocycles. The molecule has 120 valence electrons. The Morgan fingerprint density at radius 1 is 1.41 bits per heavy atom. The van der Waals surface area contributed by atoms with Gasteiger partial charge in [-0.2, -0.15) is 0 Å². The second-order valence-corrected chi connectivity index (χ2v) is 6.34. The van der Waals surface area contributed by atoms with E-state index in [0.717, 1.165) is 12.8 Å². The van der Waals surface area contributed by atoms with Crippen LogP contribution in [0, 0.1) is 0 Å². The fourth-order valence-corrected chi connectivity index (χ4v) is 3.28. The number of carbonyl (C=O) groups is 3. The van der Waals surface area contributed by atoms with E-state index in [9.17, 15) is 14.4 Å². The van der Waals surface area contributed by atoms with E-state index in [1.165, 1.54) is 16.2 Å². The van der Waals surface area contributed by atoms with Gasteiger partial charge in [0.15, 0.2) is 0 Å². The molecule has 0 bridgehead atoms. The highest BCUT2D eigenvalue weighted by atomic mass is 32.1. The highest BCUT2D eigenvalue weighted by Crippen LogP contribution is 2.23. The molecule has 1 aromatic heterocycles. The number of aliphatic carboxylic acids is 1. The molecule has 1 atom stereocenters. The third kappa shape index (κ3) is 3.85. The van der Waals surface area contributed by atoms with Crippen molar-refractivity contribution >= 4 is 29.1 Å². The van der Waals surface area contributed by atoms with E-state index >= 15 is 0 Å². The van der Waals surface area contributed by atoms with Gasteiger partial charge in [0.25, 0.3) is 5.91 Å². The van der Waals surface area contributed by atoms with Crippen molar-refractivity contribution in [2.24, 2.45) is 0 Å². The van der Waals surface area contributed by atoms with Crippen molar-refractivity contribution in [3.05, 3.63) is 22.4 Å². The lowest BCUT2D eigenvalue weighted by Gasteiger charge is -2.36. The summed E-state index contributed by atoms with van der Waals surface area (Å²) in [6.45, 7) is 0.728. The Labute approximate surface area is 133 Å². The Morgan fingerprint density at radius 3 is 2.82 bits per heavy atom. The average Bonchev–Trinajstić information content (AvgIpc) is 3.05. The fourth-order valence-electron chi connectivity index (χ4n) is 2.60. The number of hydrogen-bond acceptors (Lipinski definition) is 4. The summed E-state index contributed by atoms with van der Waals surface area (Å²) in [7, 11) is 1.59. The van der Waals surface area contributed by atoms with Crippen molar-refractivity contribution in [2.75, 3.05) is 20.1 Å². The van der Waals surface area contributed by atoms with E-state index in [1.807, 2.05) is 11.4 Å². The number of nitrogens with zero attached hydrogens (tertiary/aromatic N) is 2. The number of carboxylic acid groups (broad SMARTS) is 1. The quantitative estimate of drug-likeness (QED) is 0.894. The summed E-state index contributed by atoms with van der Waals surface area (Å²) >= 11 is 1.37. The number of carbonyl (C=O) groups excluding carboxylic acids is 2. The van der Waals surface area contributed by atoms with Crippen LogP contribution < -0.4 is 0 Å². The minimum atomic E-state index is -0.935. The van der Waals surface area contributed by atoms with E-state index in [-0.39, 0.29) is 24.8 Å². The maximum absolute atomic E-state index is 12.5. The first-order valence-electron chi connectivity index (χ1n) is 7.32. The van der Waals surface area contributed by atoms with E-state index in [1.54, 1.807) is 18.0 Å². The fraction of sp³-hybridized carbons (Fsp3) is 0.533. The number of likely N-dealkylation sites (tertiary alicyclic amines) is 1. The molecule has 22 heavy (non-hydrogen) atoms. The van der Waals surface area contributed by atoms with Crippen molar-refractivity contribution in [3.8, 4) is 0 Å². The van der Waals surface area contributed by atoms with Crippen LogP contribution in [0.25, 0.3) is 0 Å². The Morgan fingerprint density at radius 2 is 2.18 bits per heavy atom. The van der Waals surface area contributed by atoms with Gasteiger partial charge in [0, 0.05) is 20.1 Å². The average molecular weight is 324 g/mol.